The number of aromatic hydroxyl groups is 2. The summed E-state index contributed by atoms with van der Waals surface area (Å²) in [6, 6.07) is 6.51. The molecule has 6 nitrogen and oxygen atoms in total. The van der Waals surface area contributed by atoms with Crippen LogP contribution in [0.4, 0.5) is 0 Å². The Balaban J connectivity index is 2.32. The second kappa shape index (κ2) is 7.04. The number of Topliss-reactive ketones (excluding diaryl/α,β-unsaturated/α-hetero) is 2. The fourth-order valence-corrected chi connectivity index (χ4v) is 3.51. The Morgan fingerprint density at radius 3 is 1.70 bits per heavy atom. The molecule has 3 rings (SSSR count). The van der Waals surface area contributed by atoms with Crippen LogP contribution in [0.2, 0.25) is 0 Å². The molecular weight excluding hydrogens is 344 g/mol. The molecule has 0 saturated carbocycles. The normalized spacial score (nSPS) is 11.6. The van der Waals surface area contributed by atoms with Gasteiger partial charge in [-0.2, -0.15) is 0 Å². The highest BCUT2D eigenvalue weighted by atomic mass is 16.3. The summed E-state index contributed by atoms with van der Waals surface area (Å²) in [7, 11) is 4.00. The lowest BCUT2D eigenvalue weighted by atomic mass is 10.0. The van der Waals surface area contributed by atoms with Crippen molar-refractivity contribution in [2.75, 3.05) is 20.6 Å². The van der Waals surface area contributed by atoms with Crippen LogP contribution in [-0.2, 0) is 6.54 Å². The van der Waals surface area contributed by atoms with Crippen LogP contribution in [0.15, 0.2) is 24.3 Å². The van der Waals surface area contributed by atoms with Crippen molar-refractivity contribution in [3.8, 4) is 11.5 Å². The number of carbonyl (C=O) groups is 2. The lowest BCUT2D eigenvalue weighted by Gasteiger charge is -2.12. The Kier molecular flexibility index (Phi) is 4.93. The molecule has 0 aliphatic heterocycles. The number of nitrogens with zero attached hydrogens (tertiary/aromatic N) is 2. The van der Waals surface area contributed by atoms with Crippen LogP contribution in [-0.4, -0.2) is 51.9 Å². The van der Waals surface area contributed by atoms with Crippen LogP contribution in [0.3, 0.4) is 0 Å². The van der Waals surface area contributed by atoms with Crippen molar-refractivity contribution in [3.05, 3.63) is 35.4 Å². The lowest BCUT2D eigenvalue weighted by molar-refractivity contribution is 0.100. The van der Waals surface area contributed by atoms with Gasteiger partial charge in [-0.15, -0.1) is 0 Å². The highest BCUT2D eigenvalue weighted by molar-refractivity contribution is 6.14. The van der Waals surface area contributed by atoms with Gasteiger partial charge in [-0.05, 0) is 53.0 Å². The van der Waals surface area contributed by atoms with Gasteiger partial charge in [-0.25, -0.2) is 0 Å². The van der Waals surface area contributed by atoms with Crippen LogP contribution in [0.5, 0.6) is 11.5 Å². The molecule has 6 heteroatoms. The van der Waals surface area contributed by atoms with E-state index in [0.717, 1.165) is 34.8 Å². The van der Waals surface area contributed by atoms with Gasteiger partial charge < -0.3 is 19.7 Å². The largest absolute Gasteiger partial charge is 0.507 e. The van der Waals surface area contributed by atoms with Crippen LogP contribution in [0, 0.1) is 0 Å². The summed E-state index contributed by atoms with van der Waals surface area (Å²) >= 11 is 0. The maximum atomic E-state index is 11.9. The summed E-state index contributed by atoms with van der Waals surface area (Å²) in [5.41, 5.74) is 2.03. The maximum Gasteiger partial charge on any atom is 0.163 e. The third kappa shape index (κ3) is 3.40. The molecule has 0 aliphatic carbocycles. The SMILES string of the molecule is CC(=O)c1cc2c3cc(C(C)=O)c(O)cc3n(CCCN(C)C)c2cc1O. The smallest absolute Gasteiger partial charge is 0.163 e. The average Bonchev–Trinajstić information content (AvgIpc) is 2.85. The number of aryl methyl sites for hydroxylation is 1. The summed E-state index contributed by atoms with van der Waals surface area (Å²) in [6.45, 7) is 4.38. The van der Waals surface area contributed by atoms with Gasteiger partial charge in [-0.3, -0.25) is 9.59 Å². The van der Waals surface area contributed by atoms with E-state index in [0.29, 0.717) is 6.54 Å². The molecule has 0 amide bonds. The van der Waals surface area contributed by atoms with Crippen molar-refractivity contribution < 1.29 is 19.8 Å². The third-order valence-corrected chi connectivity index (χ3v) is 4.85. The van der Waals surface area contributed by atoms with E-state index in [9.17, 15) is 19.8 Å². The van der Waals surface area contributed by atoms with E-state index < -0.39 is 0 Å². The first-order valence-electron chi connectivity index (χ1n) is 8.89. The van der Waals surface area contributed by atoms with E-state index in [2.05, 4.69) is 4.90 Å². The number of carbonyl (C=O) groups excluding carboxylic acids is 2. The van der Waals surface area contributed by atoms with Crippen LogP contribution >= 0.6 is 0 Å². The van der Waals surface area contributed by atoms with E-state index in [1.807, 2.05) is 18.7 Å². The van der Waals surface area contributed by atoms with E-state index in [4.69, 9.17) is 0 Å². The number of hydrogen-bond donors (Lipinski definition) is 2. The van der Waals surface area contributed by atoms with Crippen molar-refractivity contribution >= 4 is 33.4 Å². The van der Waals surface area contributed by atoms with Gasteiger partial charge in [0.25, 0.3) is 0 Å². The highest BCUT2D eigenvalue weighted by Gasteiger charge is 2.19. The molecule has 2 N–H and O–H groups in total. The van der Waals surface area contributed by atoms with Crippen molar-refractivity contribution in [1.82, 2.24) is 9.47 Å². The molecule has 0 spiro atoms. The van der Waals surface area contributed by atoms with Gasteiger partial charge in [0.2, 0.25) is 0 Å². The predicted molar refractivity (Wildman–Crippen MR) is 106 cm³/mol. The van der Waals surface area contributed by atoms with Crippen LogP contribution < -0.4 is 0 Å². The van der Waals surface area contributed by atoms with E-state index >= 15 is 0 Å². The fourth-order valence-electron chi connectivity index (χ4n) is 3.51. The maximum absolute atomic E-state index is 11.9. The number of ketones is 2. The van der Waals surface area contributed by atoms with Crippen molar-refractivity contribution in [2.24, 2.45) is 0 Å². The second-order valence-corrected chi connectivity index (χ2v) is 7.19. The molecule has 27 heavy (non-hydrogen) atoms. The molecule has 3 aromatic rings. The van der Waals surface area contributed by atoms with E-state index in [1.54, 1.807) is 24.3 Å². The molecule has 0 fully saturated rings. The second-order valence-electron chi connectivity index (χ2n) is 7.19. The van der Waals surface area contributed by atoms with Gasteiger partial charge in [0, 0.05) is 29.4 Å². The molecule has 1 aromatic heterocycles. The molecule has 2 aromatic carbocycles. The van der Waals surface area contributed by atoms with Crippen molar-refractivity contribution in [1.29, 1.82) is 0 Å². The first kappa shape index (κ1) is 18.9. The number of phenols is 2. The minimum atomic E-state index is -0.228. The monoisotopic (exact) mass is 368 g/mol. The zero-order chi connectivity index (χ0) is 19.9. The number of rotatable bonds is 6. The average molecular weight is 368 g/mol. The molecule has 0 aliphatic rings. The zero-order valence-corrected chi connectivity index (χ0v) is 16.0. The number of aromatic nitrogens is 1. The summed E-state index contributed by atoms with van der Waals surface area (Å²) < 4.78 is 2.02. The van der Waals surface area contributed by atoms with Crippen LogP contribution in [0.25, 0.3) is 21.8 Å². The Morgan fingerprint density at radius 1 is 0.889 bits per heavy atom. The summed E-state index contributed by atoms with van der Waals surface area (Å²) in [6.07, 6.45) is 0.871. The topological polar surface area (TPSA) is 82.8 Å². The van der Waals surface area contributed by atoms with Gasteiger partial charge in [0.1, 0.15) is 11.5 Å². The lowest BCUT2D eigenvalue weighted by Crippen LogP contribution is -2.15. The fraction of sp³-hybridized carbons (Fsp3) is 0.333. The molecule has 142 valence electrons. The standard InChI is InChI=1S/C21H24N2O4/c1-12(24)14-8-16-17-9-15(13(2)25)21(27)11-19(17)23(7-5-6-22(3)4)18(16)10-20(14)26/h8-11,26-27H,5-7H2,1-4H3. The zero-order valence-electron chi connectivity index (χ0n) is 16.0. The number of fused-ring (bicyclic) bond motifs is 3. The summed E-state index contributed by atoms with van der Waals surface area (Å²) in [5.74, 6) is -0.590. The first-order chi connectivity index (χ1) is 12.7. The Labute approximate surface area is 157 Å². The number of phenolic OH excluding ortho intramolecular Hbond substituents is 2. The summed E-state index contributed by atoms with van der Waals surface area (Å²) in [5, 5.41) is 22.1. The minimum absolute atomic E-state index is 0.0670. The van der Waals surface area contributed by atoms with Gasteiger partial charge in [0.15, 0.2) is 11.6 Å². The molecule has 0 unspecified atom stereocenters. The van der Waals surface area contributed by atoms with Crippen LogP contribution in [0.1, 0.15) is 41.0 Å². The van der Waals surface area contributed by atoms with Gasteiger partial charge >= 0.3 is 0 Å². The quantitative estimate of drug-likeness (QED) is 0.650. The minimum Gasteiger partial charge on any atom is -0.507 e. The van der Waals surface area contributed by atoms with Crippen molar-refractivity contribution in [2.45, 2.75) is 26.8 Å². The number of benzene rings is 2. The third-order valence-electron chi connectivity index (χ3n) is 4.85. The van der Waals surface area contributed by atoms with Gasteiger partial charge in [-0.1, -0.05) is 0 Å². The first-order valence-corrected chi connectivity index (χ1v) is 8.89. The molecular formula is C21H24N2O4. The molecule has 0 bridgehead atoms. The predicted octanol–water partition coefficient (Wildman–Crippen LogP) is 3.56. The molecule has 1 heterocycles. The van der Waals surface area contributed by atoms with Gasteiger partial charge in [0.05, 0.1) is 22.2 Å². The Bertz CT molecular complexity index is 986. The highest BCUT2D eigenvalue weighted by Crippen LogP contribution is 2.37. The summed E-state index contributed by atoms with van der Waals surface area (Å²) in [4.78, 5) is 25.8. The Hall–Kier alpha value is -2.86. The van der Waals surface area contributed by atoms with Crippen molar-refractivity contribution in [3.63, 3.8) is 0 Å². The Morgan fingerprint density at radius 2 is 1.33 bits per heavy atom. The van der Waals surface area contributed by atoms with E-state index in [1.165, 1.54) is 13.8 Å². The number of hydrogen-bond acceptors (Lipinski definition) is 5. The van der Waals surface area contributed by atoms with E-state index in [-0.39, 0.29) is 34.2 Å². The molecule has 0 atom stereocenters. The molecule has 0 radical (unpaired) electrons. The molecule has 0 saturated heterocycles.